The normalized spacial score (nSPS) is 28.4. The van der Waals surface area contributed by atoms with Crippen LogP contribution < -0.4 is 0 Å². The maximum Gasteiger partial charge on any atom is -0.0187 e. The summed E-state index contributed by atoms with van der Waals surface area (Å²) < 4.78 is 0. The van der Waals surface area contributed by atoms with Crippen molar-refractivity contribution in [3.63, 3.8) is 0 Å². The predicted octanol–water partition coefficient (Wildman–Crippen LogP) is 3.42. The first-order valence-corrected chi connectivity index (χ1v) is 4.39. The SMILES string of the molecule is [C]1=C\C=C\CCCCC\C=C/1. The predicted molar refractivity (Wildman–Crippen MR) is 49.2 cm³/mol. The Bertz CT molecular complexity index is 143. The van der Waals surface area contributed by atoms with Crippen LogP contribution in [0.1, 0.15) is 32.1 Å². The monoisotopic (exact) mass is 147 g/mol. The van der Waals surface area contributed by atoms with E-state index in [1.54, 1.807) is 0 Å². The molecule has 0 aliphatic heterocycles. The van der Waals surface area contributed by atoms with Crippen LogP contribution in [-0.4, -0.2) is 0 Å². The third-order valence-corrected chi connectivity index (χ3v) is 1.78. The van der Waals surface area contributed by atoms with Crippen LogP contribution in [0.4, 0.5) is 0 Å². The molecule has 0 atom stereocenters. The third-order valence-electron chi connectivity index (χ3n) is 1.78. The minimum Gasteiger partial charge on any atom is -0.0845 e. The van der Waals surface area contributed by atoms with Crippen LogP contribution >= 0.6 is 0 Å². The van der Waals surface area contributed by atoms with Gasteiger partial charge in [-0.3, -0.25) is 0 Å². The second kappa shape index (κ2) is 5.96. The standard InChI is InChI=1S/C11H15/c1-2-4-6-8-10-11-9-7-5-3-1/h1-3,7,9H,4,6,8,10-11H2/b2-1+,5-3?,9-7-. The van der Waals surface area contributed by atoms with Crippen molar-refractivity contribution in [2.45, 2.75) is 32.1 Å². The number of hydrogen-bond donors (Lipinski definition) is 0. The molecule has 1 aliphatic carbocycles. The smallest absolute Gasteiger partial charge is 0.0187 e. The van der Waals surface area contributed by atoms with Gasteiger partial charge in [0.2, 0.25) is 0 Å². The van der Waals surface area contributed by atoms with Gasteiger partial charge in [0.05, 0.1) is 0 Å². The van der Waals surface area contributed by atoms with Gasteiger partial charge in [-0.15, -0.1) is 0 Å². The van der Waals surface area contributed by atoms with E-state index in [1.165, 1.54) is 32.1 Å². The Kier molecular flexibility index (Phi) is 4.51. The van der Waals surface area contributed by atoms with Crippen LogP contribution in [0.3, 0.4) is 0 Å². The van der Waals surface area contributed by atoms with Crippen molar-refractivity contribution >= 4 is 0 Å². The van der Waals surface area contributed by atoms with Crippen molar-refractivity contribution in [3.05, 3.63) is 36.5 Å². The van der Waals surface area contributed by atoms with Gasteiger partial charge >= 0.3 is 0 Å². The van der Waals surface area contributed by atoms with Crippen LogP contribution in [0, 0.1) is 6.08 Å². The highest BCUT2D eigenvalue weighted by Crippen LogP contribution is 2.05. The minimum atomic E-state index is 1.21. The molecule has 0 aromatic carbocycles. The average Bonchev–Trinajstić information content (AvgIpc) is 2.08. The molecule has 0 saturated carbocycles. The summed E-state index contributed by atoms with van der Waals surface area (Å²) >= 11 is 0. The van der Waals surface area contributed by atoms with E-state index >= 15 is 0 Å². The van der Waals surface area contributed by atoms with Crippen LogP contribution in [0.2, 0.25) is 0 Å². The molecule has 0 fully saturated rings. The molecule has 1 rings (SSSR count). The zero-order valence-electron chi connectivity index (χ0n) is 6.92. The molecule has 0 unspecified atom stereocenters. The summed E-state index contributed by atoms with van der Waals surface area (Å²) in [7, 11) is 0. The first-order valence-electron chi connectivity index (χ1n) is 4.39. The van der Waals surface area contributed by atoms with Gasteiger partial charge in [-0.2, -0.15) is 0 Å². The van der Waals surface area contributed by atoms with Crippen LogP contribution in [0.5, 0.6) is 0 Å². The van der Waals surface area contributed by atoms with Crippen molar-refractivity contribution in [2.75, 3.05) is 0 Å². The van der Waals surface area contributed by atoms with Crippen LogP contribution in [0.15, 0.2) is 30.4 Å². The molecule has 11 heavy (non-hydrogen) atoms. The van der Waals surface area contributed by atoms with E-state index in [0.717, 1.165) is 0 Å². The van der Waals surface area contributed by atoms with E-state index in [4.69, 9.17) is 0 Å². The van der Waals surface area contributed by atoms with E-state index < -0.39 is 0 Å². The second-order valence-electron chi connectivity index (χ2n) is 2.80. The minimum absolute atomic E-state index is 1.21. The van der Waals surface area contributed by atoms with Gasteiger partial charge in [-0.25, -0.2) is 0 Å². The fourth-order valence-electron chi connectivity index (χ4n) is 1.13. The summed E-state index contributed by atoms with van der Waals surface area (Å²) in [6, 6.07) is 0. The van der Waals surface area contributed by atoms with E-state index in [-0.39, 0.29) is 0 Å². The van der Waals surface area contributed by atoms with Crippen LogP contribution in [-0.2, 0) is 0 Å². The Morgan fingerprint density at radius 1 is 0.909 bits per heavy atom. The molecule has 0 nitrogen and oxygen atoms in total. The Balaban J connectivity index is 2.36. The summed E-state index contributed by atoms with van der Waals surface area (Å²) in [5, 5.41) is 0. The fourth-order valence-corrected chi connectivity index (χ4v) is 1.13. The Labute approximate surface area is 69.3 Å². The van der Waals surface area contributed by atoms with Gasteiger partial charge in [0, 0.05) is 0 Å². The van der Waals surface area contributed by atoms with E-state index in [9.17, 15) is 0 Å². The van der Waals surface area contributed by atoms with E-state index in [2.05, 4.69) is 24.3 Å². The van der Waals surface area contributed by atoms with E-state index in [0.29, 0.717) is 0 Å². The molecule has 0 bridgehead atoms. The maximum atomic E-state index is 3.09. The Morgan fingerprint density at radius 2 is 1.73 bits per heavy atom. The van der Waals surface area contributed by atoms with E-state index in [1.807, 2.05) is 12.2 Å². The lowest BCUT2D eigenvalue weighted by Gasteiger charge is -1.93. The number of rotatable bonds is 0. The van der Waals surface area contributed by atoms with Crippen molar-refractivity contribution in [2.24, 2.45) is 0 Å². The summed E-state index contributed by atoms with van der Waals surface area (Å²) in [6.07, 6.45) is 20.0. The van der Waals surface area contributed by atoms with Crippen molar-refractivity contribution in [3.8, 4) is 0 Å². The van der Waals surface area contributed by atoms with Crippen LogP contribution in [0.25, 0.3) is 0 Å². The highest BCUT2D eigenvalue weighted by atomic mass is 13.9. The van der Waals surface area contributed by atoms with Gasteiger partial charge in [-0.05, 0) is 31.8 Å². The van der Waals surface area contributed by atoms with Gasteiger partial charge in [-0.1, -0.05) is 36.8 Å². The quantitative estimate of drug-likeness (QED) is 0.492. The second-order valence-corrected chi connectivity index (χ2v) is 2.80. The first kappa shape index (κ1) is 8.32. The summed E-state index contributed by atoms with van der Waals surface area (Å²) in [6.45, 7) is 0. The number of hydrogen-bond acceptors (Lipinski definition) is 0. The lowest BCUT2D eigenvalue weighted by molar-refractivity contribution is 0.696. The van der Waals surface area contributed by atoms with Crippen molar-refractivity contribution in [1.29, 1.82) is 0 Å². The third kappa shape index (κ3) is 4.60. The molecule has 0 N–H and O–H groups in total. The highest BCUT2D eigenvalue weighted by Gasteiger charge is 1.85. The molecule has 0 amide bonds. The first-order chi connectivity index (χ1) is 5.50. The molecule has 1 radical (unpaired) electrons. The molecule has 0 heteroatoms. The molecule has 0 aromatic heterocycles. The highest BCUT2D eigenvalue weighted by molar-refractivity contribution is 5.05. The molecule has 0 aromatic rings. The topological polar surface area (TPSA) is 0 Å². The lowest BCUT2D eigenvalue weighted by atomic mass is 10.1. The summed E-state index contributed by atoms with van der Waals surface area (Å²) in [5.74, 6) is 0. The van der Waals surface area contributed by atoms with Crippen molar-refractivity contribution < 1.29 is 0 Å². The lowest BCUT2D eigenvalue weighted by Crippen LogP contribution is -1.73. The molecule has 59 valence electrons. The van der Waals surface area contributed by atoms with Gasteiger partial charge in [0.1, 0.15) is 0 Å². The van der Waals surface area contributed by atoms with Gasteiger partial charge in [0.25, 0.3) is 0 Å². The van der Waals surface area contributed by atoms with Gasteiger partial charge < -0.3 is 0 Å². The maximum absolute atomic E-state index is 3.09. The fraction of sp³-hybridized carbons (Fsp3) is 0.455. The average molecular weight is 147 g/mol. The molecule has 0 saturated heterocycles. The molecular weight excluding hydrogens is 132 g/mol. The van der Waals surface area contributed by atoms with Crippen molar-refractivity contribution in [1.82, 2.24) is 0 Å². The number of allylic oxidation sites excluding steroid dienone is 6. The summed E-state index contributed by atoms with van der Waals surface area (Å²) in [4.78, 5) is 0. The Morgan fingerprint density at radius 3 is 2.64 bits per heavy atom. The zero-order valence-corrected chi connectivity index (χ0v) is 6.92. The molecule has 0 spiro atoms. The molecule has 0 heterocycles. The molecular formula is C11H15. The largest absolute Gasteiger partial charge is 0.0845 e. The van der Waals surface area contributed by atoms with Gasteiger partial charge in [0.15, 0.2) is 0 Å². The molecule has 1 aliphatic rings. The zero-order chi connectivity index (χ0) is 7.78. The summed E-state index contributed by atoms with van der Waals surface area (Å²) in [5.41, 5.74) is 0. The Hall–Kier alpha value is -0.780.